The average molecular weight is 747 g/mol. The van der Waals surface area contributed by atoms with E-state index in [0.29, 0.717) is 83.4 Å². The lowest BCUT2D eigenvalue weighted by molar-refractivity contribution is -0.142. The Morgan fingerprint density at radius 1 is 1.13 bits per heavy atom. The zero-order valence-electron chi connectivity index (χ0n) is 29.0. The first-order valence-electron chi connectivity index (χ1n) is 17.2. The van der Waals surface area contributed by atoms with Gasteiger partial charge in [-0.05, 0) is 56.0 Å². The van der Waals surface area contributed by atoms with Crippen LogP contribution in [0.5, 0.6) is 11.6 Å². The lowest BCUT2D eigenvalue weighted by atomic mass is 9.94. The first kappa shape index (κ1) is 36.2. The largest absolute Gasteiger partial charge is 0.480 e. The molecule has 2 atom stereocenters. The number of aromatic nitrogens is 3. The van der Waals surface area contributed by atoms with Crippen molar-refractivity contribution in [1.29, 1.82) is 0 Å². The van der Waals surface area contributed by atoms with Gasteiger partial charge >= 0.3 is 12.6 Å². The summed E-state index contributed by atoms with van der Waals surface area (Å²) in [7, 11) is 1.53. The molecule has 2 fully saturated rings. The van der Waals surface area contributed by atoms with Gasteiger partial charge in [-0.25, -0.2) is 9.97 Å². The number of amides is 1. The van der Waals surface area contributed by atoms with Gasteiger partial charge < -0.3 is 29.6 Å². The Morgan fingerprint density at radius 3 is 2.64 bits per heavy atom. The number of aliphatic carboxylic acids is 1. The molecular weight excluding hydrogens is 710 g/mol. The minimum Gasteiger partial charge on any atom is -0.480 e. The van der Waals surface area contributed by atoms with Crippen LogP contribution in [0.3, 0.4) is 0 Å². The molecule has 7 rings (SSSR count). The zero-order chi connectivity index (χ0) is 37.2. The van der Waals surface area contributed by atoms with E-state index in [1.165, 1.54) is 13.2 Å². The summed E-state index contributed by atoms with van der Waals surface area (Å²) in [5.41, 5.74) is 5.88. The van der Waals surface area contributed by atoms with Crippen molar-refractivity contribution in [2.24, 2.45) is 0 Å². The normalized spacial score (nSPS) is 17.5. The van der Waals surface area contributed by atoms with Crippen molar-refractivity contribution in [2.75, 3.05) is 20.2 Å². The number of alkyl halides is 2. The Labute approximate surface area is 308 Å². The van der Waals surface area contributed by atoms with Crippen molar-refractivity contribution in [2.45, 2.75) is 64.4 Å². The van der Waals surface area contributed by atoms with Crippen LogP contribution in [-0.4, -0.2) is 75.7 Å². The SMILES string of the molecule is COc1nc(-c2cccc(-c3cccc(-c4nc5cc(CN6CCC[C@H]6C(=O)O)c(OC(F)F)cc5o4)c3C)c2Cl)cnc1CNCC1CCC(=O)N1. The van der Waals surface area contributed by atoms with Crippen LogP contribution in [0.1, 0.15) is 42.5 Å². The van der Waals surface area contributed by atoms with E-state index in [9.17, 15) is 23.5 Å². The van der Waals surface area contributed by atoms with Gasteiger partial charge in [0.15, 0.2) is 5.58 Å². The van der Waals surface area contributed by atoms with E-state index in [-0.39, 0.29) is 35.7 Å². The number of ether oxygens (including phenoxy) is 2. The lowest BCUT2D eigenvalue weighted by Crippen LogP contribution is -2.35. The van der Waals surface area contributed by atoms with E-state index in [1.54, 1.807) is 17.2 Å². The number of carbonyl (C=O) groups is 2. The molecule has 0 aliphatic carbocycles. The third-order valence-corrected chi connectivity index (χ3v) is 10.1. The second kappa shape index (κ2) is 15.4. The van der Waals surface area contributed by atoms with E-state index in [4.69, 9.17) is 35.5 Å². The Kier molecular flexibility index (Phi) is 10.5. The minimum absolute atomic E-state index is 0.0611. The highest BCUT2D eigenvalue weighted by atomic mass is 35.5. The maximum Gasteiger partial charge on any atom is 0.387 e. The van der Waals surface area contributed by atoms with Gasteiger partial charge in [0.1, 0.15) is 23.0 Å². The number of carboxylic acids is 1. The number of carboxylic acid groups (broad SMARTS) is 1. The van der Waals surface area contributed by atoms with E-state index < -0.39 is 18.6 Å². The number of rotatable bonds is 13. The highest BCUT2D eigenvalue weighted by Crippen LogP contribution is 2.41. The predicted molar refractivity (Wildman–Crippen MR) is 193 cm³/mol. The van der Waals surface area contributed by atoms with Crippen molar-refractivity contribution >= 4 is 34.6 Å². The summed E-state index contributed by atoms with van der Waals surface area (Å²) >= 11 is 7.08. The molecule has 53 heavy (non-hydrogen) atoms. The molecule has 5 aromatic rings. The molecule has 15 heteroatoms. The molecule has 2 saturated heterocycles. The predicted octanol–water partition coefficient (Wildman–Crippen LogP) is 6.61. The van der Waals surface area contributed by atoms with Crippen molar-refractivity contribution in [3.05, 3.63) is 76.6 Å². The van der Waals surface area contributed by atoms with Crippen LogP contribution in [0.4, 0.5) is 8.78 Å². The fourth-order valence-electron chi connectivity index (χ4n) is 7.06. The standard InChI is InChI=1S/C38H37ClF2N6O6/c1-20-23(25-8-4-9-26(34(25)39)28-18-43-29(36(46-28)51-2)17-42-16-22-11-12-33(48)44-22)6-3-7-24(20)35-45-27-14-21(19-47-13-5-10-30(47)37(49)50)31(53-38(40)41)15-32(27)52-35/h3-4,6-9,14-15,18,22,30,38,42H,5,10-13,16-17,19H2,1-2H3,(H,44,48)(H,49,50)/t22?,30-/m0/s1. The minimum atomic E-state index is -3.08. The number of methoxy groups -OCH3 is 1. The number of halogens is 3. The molecule has 3 N–H and O–H groups in total. The second-order valence-electron chi connectivity index (χ2n) is 13.1. The molecule has 4 heterocycles. The molecule has 1 amide bonds. The molecule has 1 unspecified atom stereocenters. The molecule has 276 valence electrons. The summed E-state index contributed by atoms with van der Waals surface area (Å²) in [6.07, 6.45) is 4.14. The first-order valence-corrected chi connectivity index (χ1v) is 17.6. The summed E-state index contributed by atoms with van der Waals surface area (Å²) in [4.78, 5) is 39.1. The smallest absolute Gasteiger partial charge is 0.387 e. The van der Waals surface area contributed by atoms with Gasteiger partial charge in [-0.1, -0.05) is 41.9 Å². The van der Waals surface area contributed by atoms with Crippen LogP contribution in [-0.2, 0) is 22.7 Å². The van der Waals surface area contributed by atoms with E-state index in [2.05, 4.69) is 15.6 Å². The lowest BCUT2D eigenvalue weighted by Gasteiger charge is -2.22. The van der Waals surface area contributed by atoms with Gasteiger partial charge in [0.05, 0.1) is 24.0 Å². The molecule has 0 bridgehead atoms. The van der Waals surface area contributed by atoms with Gasteiger partial charge in [-0.3, -0.25) is 19.5 Å². The Hall–Kier alpha value is -5.18. The highest BCUT2D eigenvalue weighted by Gasteiger charge is 2.31. The summed E-state index contributed by atoms with van der Waals surface area (Å²) in [5, 5.41) is 16.3. The van der Waals surface area contributed by atoms with E-state index >= 15 is 0 Å². The van der Waals surface area contributed by atoms with E-state index in [1.807, 2.05) is 43.3 Å². The number of likely N-dealkylation sites (tertiary alicyclic amines) is 1. The molecule has 0 spiro atoms. The topological polar surface area (TPSA) is 152 Å². The fourth-order valence-corrected chi connectivity index (χ4v) is 7.39. The number of carbonyl (C=O) groups excluding carboxylic acids is 1. The Bertz CT molecular complexity index is 2180. The number of hydrogen-bond acceptors (Lipinski definition) is 10. The molecule has 12 nitrogen and oxygen atoms in total. The molecule has 2 aliphatic rings. The third-order valence-electron chi connectivity index (χ3n) is 9.71. The van der Waals surface area contributed by atoms with E-state index in [0.717, 1.165) is 23.1 Å². The molecule has 3 aromatic carbocycles. The fraction of sp³-hybridized carbons (Fsp3) is 0.342. The summed E-state index contributed by atoms with van der Waals surface area (Å²) in [5.74, 6) is -0.360. The van der Waals surface area contributed by atoms with Crippen LogP contribution >= 0.6 is 11.6 Å². The highest BCUT2D eigenvalue weighted by molar-refractivity contribution is 6.36. The van der Waals surface area contributed by atoms with Gasteiger partial charge in [0, 0.05) is 60.4 Å². The van der Waals surface area contributed by atoms with Gasteiger partial charge in [-0.2, -0.15) is 8.78 Å². The quantitative estimate of drug-likeness (QED) is 0.119. The number of hydrogen-bond donors (Lipinski definition) is 3. The molecule has 2 aromatic heterocycles. The van der Waals surface area contributed by atoms with Crippen molar-refractivity contribution in [3.8, 4) is 45.5 Å². The van der Waals surface area contributed by atoms with Crippen molar-refractivity contribution < 1.29 is 37.4 Å². The van der Waals surface area contributed by atoms with Crippen LogP contribution < -0.4 is 20.1 Å². The number of nitrogens with zero attached hydrogens (tertiary/aromatic N) is 4. The summed E-state index contributed by atoms with van der Waals surface area (Å²) < 4.78 is 43.5. The molecule has 2 aliphatic heterocycles. The molecule has 0 radical (unpaired) electrons. The molecular formula is C38H37ClF2N6O6. The number of nitrogens with one attached hydrogen (secondary N) is 2. The number of fused-ring (bicyclic) bond motifs is 1. The Morgan fingerprint density at radius 2 is 1.91 bits per heavy atom. The van der Waals surface area contributed by atoms with Gasteiger partial charge in [0.25, 0.3) is 0 Å². The first-order chi connectivity index (χ1) is 25.6. The van der Waals surface area contributed by atoms with Gasteiger partial charge in [0.2, 0.25) is 17.7 Å². The van der Waals surface area contributed by atoms with Crippen LogP contribution in [0.2, 0.25) is 5.02 Å². The maximum absolute atomic E-state index is 13.5. The summed E-state index contributed by atoms with van der Waals surface area (Å²) in [6, 6.07) is 13.6. The third kappa shape index (κ3) is 7.66. The van der Waals surface area contributed by atoms with Crippen LogP contribution in [0.15, 0.2) is 59.1 Å². The Balaban J connectivity index is 1.17. The average Bonchev–Trinajstić information content (AvgIpc) is 3.88. The van der Waals surface area contributed by atoms with Crippen LogP contribution in [0, 0.1) is 6.92 Å². The van der Waals surface area contributed by atoms with Crippen molar-refractivity contribution in [3.63, 3.8) is 0 Å². The summed E-state index contributed by atoms with van der Waals surface area (Å²) in [6.45, 7) is 0.482. The van der Waals surface area contributed by atoms with Crippen molar-refractivity contribution in [1.82, 2.24) is 30.5 Å². The maximum atomic E-state index is 13.5. The van der Waals surface area contributed by atoms with Crippen LogP contribution in [0.25, 0.3) is 44.9 Å². The second-order valence-corrected chi connectivity index (χ2v) is 13.5. The van der Waals surface area contributed by atoms with Gasteiger partial charge in [-0.15, -0.1) is 0 Å². The molecule has 0 saturated carbocycles. The zero-order valence-corrected chi connectivity index (χ0v) is 29.8. The monoisotopic (exact) mass is 746 g/mol. The number of oxazole rings is 1. The number of benzene rings is 3.